The lowest BCUT2D eigenvalue weighted by Crippen LogP contribution is -2.12. The van der Waals surface area contributed by atoms with Crippen LogP contribution < -0.4 is 15.2 Å². The van der Waals surface area contributed by atoms with E-state index in [-0.39, 0.29) is 29.6 Å². The number of rotatable bonds is 8. The van der Waals surface area contributed by atoms with Gasteiger partial charge in [0.15, 0.2) is 0 Å². The van der Waals surface area contributed by atoms with Gasteiger partial charge in [0.1, 0.15) is 28.8 Å². The Bertz CT molecular complexity index is 1450. The van der Waals surface area contributed by atoms with Crippen LogP contribution in [0.15, 0.2) is 53.2 Å². The fourth-order valence-corrected chi connectivity index (χ4v) is 3.88. The van der Waals surface area contributed by atoms with E-state index >= 15 is 0 Å². The van der Waals surface area contributed by atoms with E-state index in [0.717, 1.165) is 16.9 Å². The van der Waals surface area contributed by atoms with Gasteiger partial charge in [-0.15, -0.1) is 0 Å². The van der Waals surface area contributed by atoms with Crippen LogP contribution in [0.4, 0.5) is 0 Å². The molecule has 2 N–H and O–H groups in total. The van der Waals surface area contributed by atoms with E-state index in [4.69, 9.17) is 19.7 Å². The number of aryl methyl sites for hydroxylation is 1. The second kappa shape index (κ2) is 9.81. The van der Waals surface area contributed by atoms with Crippen LogP contribution in [0.1, 0.15) is 53.7 Å². The number of pyridine rings is 1. The highest BCUT2D eigenvalue weighted by molar-refractivity contribution is 6.01. The molecule has 0 unspecified atom stereocenters. The third-order valence-corrected chi connectivity index (χ3v) is 5.89. The SMILES string of the molecule is COc1cc2nccc(Oc3ccc(CC(=O)Cc4cc(C(C)(C)C)on4)c(C)c3)c2cc1C(N)=O. The molecule has 0 aliphatic rings. The van der Waals surface area contributed by atoms with Gasteiger partial charge < -0.3 is 19.7 Å². The number of carbonyl (C=O) groups is 2. The highest BCUT2D eigenvalue weighted by Gasteiger charge is 2.21. The molecule has 0 aliphatic heterocycles. The number of hydrogen-bond acceptors (Lipinski definition) is 7. The number of methoxy groups -OCH3 is 1. The summed E-state index contributed by atoms with van der Waals surface area (Å²) in [7, 11) is 1.47. The predicted octanol–water partition coefficient (Wildman–Crippen LogP) is 5.08. The van der Waals surface area contributed by atoms with Crippen LogP contribution in [-0.4, -0.2) is 28.9 Å². The Balaban J connectivity index is 1.51. The molecule has 4 rings (SSSR count). The molecule has 0 saturated carbocycles. The molecule has 36 heavy (non-hydrogen) atoms. The smallest absolute Gasteiger partial charge is 0.252 e. The van der Waals surface area contributed by atoms with Gasteiger partial charge in [0.05, 0.1) is 30.3 Å². The molecule has 2 aromatic carbocycles. The summed E-state index contributed by atoms with van der Waals surface area (Å²) in [5, 5.41) is 4.67. The van der Waals surface area contributed by atoms with Gasteiger partial charge in [-0.3, -0.25) is 14.6 Å². The molecule has 0 fully saturated rings. The van der Waals surface area contributed by atoms with Gasteiger partial charge in [0, 0.05) is 35.6 Å². The fraction of sp³-hybridized carbons (Fsp3) is 0.286. The number of ketones is 1. The van der Waals surface area contributed by atoms with E-state index in [1.54, 1.807) is 24.4 Å². The fourth-order valence-electron chi connectivity index (χ4n) is 3.88. The van der Waals surface area contributed by atoms with Crippen LogP contribution in [0.25, 0.3) is 10.9 Å². The molecular weight excluding hydrogens is 458 g/mol. The zero-order valence-corrected chi connectivity index (χ0v) is 21.0. The van der Waals surface area contributed by atoms with Gasteiger partial charge in [-0.1, -0.05) is 32.0 Å². The summed E-state index contributed by atoms with van der Waals surface area (Å²) in [6.45, 7) is 8.04. The highest BCUT2D eigenvalue weighted by Crippen LogP contribution is 2.33. The zero-order chi connectivity index (χ0) is 26.0. The average Bonchev–Trinajstić information content (AvgIpc) is 3.29. The topological polar surface area (TPSA) is 118 Å². The van der Waals surface area contributed by atoms with Crippen molar-refractivity contribution in [1.29, 1.82) is 0 Å². The van der Waals surface area contributed by atoms with Crippen LogP contribution in [0.5, 0.6) is 17.2 Å². The number of carbonyl (C=O) groups excluding carboxylic acids is 2. The molecule has 8 nitrogen and oxygen atoms in total. The Labute approximate surface area is 209 Å². The summed E-state index contributed by atoms with van der Waals surface area (Å²) in [5.41, 5.74) is 8.68. The Morgan fingerprint density at radius 3 is 2.44 bits per heavy atom. The standard InChI is InChI=1S/C28H29N3O5/c1-16-10-20(7-6-17(16)11-19(32)12-18-13-26(36-31-18)28(2,3)4)35-24-8-9-30-23-15-25(34-5)22(27(29)33)14-21(23)24/h6-10,13-15H,11-12H2,1-5H3,(H2,29,33). The first kappa shape index (κ1) is 24.9. The number of aromatic nitrogens is 2. The van der Waals surface area contributed by atoms with E-state index in [1.807, 2.05) is 52.0 Å². The van der Waals surface area contributed by atoms with Gasteiger partial charge in [0.2, 0.25) is 0 Å². The number of primary amides is 1. The Morgan fingerprint density at radius 2 is 1.81 bits per heavy atom. The number of ether oxygens (including phenoxy) is 2. The maximum Gasteiger partial charge on any atom is 0.252 e. The second-order valence-electron chi connectivity index (χ2n) is 9.76. The van der Waals surface area contributed by atoms with Crippen molar-refractivity contribution >= 4 is 22.6 Å². The second-order valence-corrected chi connectivity index (χ2v) is 9.76. The summed E-state index contributed by atoms with van der Waals surface area (Å²) in [6.07, 6.45) is 2.12. The lowest BCUT2D eigenvalue weighted by atomic mass is 9.93. The van der Waals surface area contributed by atoms with Crippen LogP contribution in [0, 0.1) is 6.92 Å². The first-order valence-corrected chi connectivity index (χ1v) is 11.6. The van der Waals surface area contributed by atoms with Crippen molar-refractivity contribution < 1.29 is 23.6 Å². The zero-order valence-electron chi connectivity index (χ0n) is 21.0. The number of amides is 1. The largest absolute Gasteiger partial charge is 0.496 e. The Hall–Kier alpha value is -4.20. The number of hydrogen-bond donors (Lipinski definition) is 1. The van der Waals surface area contributed by atoms with E-state index in [9.17, 15) is 9.59 Å². The maximum absolute atomic E-state index is 12.7. The van der Waals surface area contributed by atoms with Gasteiger partial charge in [-0.25, -0.2) is 0 Å². The first-order valence-electron chi connectivity index (χ1n) is 11.6. The molecule has 1 amide bonds. The van der Waals surface area contributed by atoms with Crippen LogP contribution in [0.2, 0.25) is 0 Å². The van der Waals surface area contributed by atoms with Crippen molar-refractivity contribution in [2.75, 3.05) is 7.11 Å². The monoisotopic (exact) mass is 487 g/mol. The molecule has 0 spiro atoms. The molecule has 0 saturated heterocycles. The molecule has 2 heterocycles. The number of benzene rings is 2. The van der Waals surface area contributed by atoms with Gasteiger partial charge in [-0.2, -0.15) is 0 Å². The summed E-state index contributed by atoms with van der Waals surface area (Å²) in [4.78, 5) is 28.9. The van der Waals surface area contributed by atoms with E-state index in [0.29, 0.717) is 33.8 Å². The summed E-state index contributed by atoms with van der Waals surface area (Å²) in [6, 6.07) is 12.4. The van der Waals surface area contributed by atoms with Crippen molar-refractivity contribution in [2.24, 2.45) is 5.73 Å². The minimum absolute atomic E-state index is 0.0496. The minimum atomic E-state index is -0.603. The molecule has 4 aromatic rings. The average molecular weight is 488 g/mol. The van der Waals surface area contributed by atoms with Crippen molar-refractivity contribution in [1.82, 2.24) is 10.1 Å². The lowest BCUT2D eigenvalue weighted by Gasteiger charge is -2.13. The summed E-state index contributed by atoms with van der Waals surface area (Å²) >= 11 is 0. The van der Waals surface area contributed by atoms with Crippen molar-refractivity contribution in [3.05, 3.63) is 76.8 Å². The first-order chi connectivity index (χ1) is 17.0. The molecule has 0 aliphatic carbocycles. The molecular formula is C28H29N3O5. The third kappa shape index (κ3) is 5.38. The summed E-state index contributed by atoms with van der Waals surface area (Å²) in [5.74, 6) is 1.67. The Kier molecular flexibility index (Phi) is 6.79. The number of nitrogens with two attached hydrogens (primary N) is 1. The van der Waals surface area contributed by atoms with Gasteiger partial charge >= 0.3 is 0 Å². The van der Waals surface area contributed by atoms with Crippen LogP contribution in [-0.2, 0) is 23.1 Å². The van der Waals surface area contributed by atoms with E-state index < -0.39 is 5.91 Å². The number of Topliss-reactive ketones (excluding diaryl/α,β-unsaturated/α-hetero) is 1. The molecule has 0 atom stereocenters. The normalized spacial score (nSPS) is 11.5. The van der Waals surface area contributed by atoms with Gasteiger partial charge in [0.25, 0.3) is 5.91 Å². The van der Waals surface area contributed by atoms with Crippen molar-refractivity contribution in [3.8, 4) is 17.2 Å². The molecule has 0 bridgehead atoms. The maximum atomic E-state index is 12.7. The predicted molar refractivity (Wildman–Crippen MR) is 136 cm³/mol. The molecule has 2 aromatic heterocycles. The minimum Gasteiger partial charge on any atom is -0.496 e. The highest BCUT2D eigenvalue weighted by atomic mass is 16.5. The lowest BCUT2D eigenvalue weighted by molar-refractivity contribution is -0.117. The molecule has 186 valence electrons. The van der Waals surface area contributed by atoms with Crippen LogP contribution in [0.3, 0.4) is 0 Å². The van der Waals surface area contributed by atoms with Crippen molar-refractivity contribution in [2.45, 2.75) is 46.0 Å². The quantitative estimate of drug-likeness (QED) is 0.368. The van der Waals surface area contributed by atoms with E-state index in [1.165, 1.54) is 7.11 Å². The van der Waals surface area contributed by atoms with Gasteiger partial charge in [-0.05, 0) is 42.3 Å². The van der Waals surface area contributed by atoms with Crippen LogP contribution >= 0.6 is 0 Å². The third-order valence-electron chi connectivity index (χ3n) is 5.89. The number of fused-ring (bicyclic) bond motifs is 1. The Morgan fingerprint density at radius 1 is 1.03 bits per heavy atom. The van der Waals surface area contributed by atoms with E-state index in [2.05, 4.69) is 10.1 Å². The van der Waals surface area contributed by atoms with Crippen molar-refractivity contribution in [3.63, 3.8) is 0 Å². The molecule has 0 radical (unpaired) electrons. The summed E-state index contributed by atoms with van der Waals surface area (Å²) < 4.78 is 16.8. The number of nitrogens with zero attached hydrogens (tertiary/aromatic N) is 2. The molecule has 8 heteroatoms.